The Balaban J connectivity index is 2.81. The van der Waals surface area contributed by atoms with Crippen LogP contribution in [0.25, 0.3) is 0 Å². The van der Waals surface area contributed by atoms with Crippen LogP contribution in [-0.2, 0) is 9.53 Å². The van der Waals surface area contributed by atoms with Gasteiger partial charge in [0.25, 0.3) is 5.91 Å². The van der Waals surface area contributed by atoms with E-state index >= 15 is 0 Å². The number of carbonyl (C=O) groups is 2. The first kappa shape index (κ1) is 14.7. The molecule has 102 valence electrons. The molecule has 0 saturated carbocycles. The predicted octanol–water partition coefficient (Wildman–Crippen LogP) is 1.74. The second-order valence-corrected chi connectivity index (χ2v) is 4.40. The summed E-state index contributed by atoms with van der Waals surface area (Å²) in [6, 6.07) is 6.43. The van der Waals surface area contributed by atoms with Crippen molar-refractivity contribution < 1.29 is 14.3 Å². The molecule has 1 aromatic carbocycles. The van der Waals surface area contributed by atoms with Crippen molar-refractivity contribution in [3.8, 4) is 0 Å². The molecule has 0 radical (unpaired) electrons. The van der Waals surface area contributed by atoms with Crippen LogP contribution in [0.2, 0.25) is 0 Å². The van der Waals surface area contributed by atoms with Crippen molar-refractivity contribution in [1.82, 2.24) is 0 Å². The Labute approximate surface area is 111 Å². The van der Waals surface area contributed by atoms with E-state index in [1.165, 1.54) is 6.07 Å². The first-order valence-corrected chi connectivity index (χ1v) is 5.83. The Hall–Kier alpha value is -2.37. The number of para-hydroxylation sites is 1. The maximum absolute atomic E-state index is 11.5. The summed E-state index contributed by atoms with van der Waals surface area (Å²) in [6.45, 7) is 4.13. The highest BCUT2D eigenvalue weighted by Crippen LogP contribution is 2.16. The van der Waals surface area contributed by atoms with E-state index < -0.39 is 12.0 Å². The van der Waals surface area contributed by atoms with Crippen LogP contribution in [0.3, 0.4) is 0 Å². The van der Waals surface area contributed by atoms with E-state index in [0.29, 0.717) is 12.3 Å². The lowest BCUT2D eigenvalue weighted by Gasteiger charge is -2.11. The number of primary amides is 1. The van der Waals surface area contributed by atoms with Crippen molar-refractivity contribution in [2.45, 2.75) is 13.8 Å². The topological polar surface area (TPSA) is 105 Å². The van der Waals surface area contributed by atoms with Crippen LogP contribution in [0.1, 0.15) is 19.4 Å². The van der Waals surface area contributed by atoms with Gasteiger partial charge in [0, 0.05) is 5.56 Å². The zero-order valence-electron chi connectivity index (χ0n) is 10.9. The first-order valence-electron chi connectivity index (χ1n) is 5.83. The van der Waals surface area contributed by atoms with Gasteiger partial charge in [-0.25, -0.2) is 4.79 Å². The van der Waals surface area contributed by atoms with Crippen molar-refractivity contribution >= 4 is 23.4 Å². The van der Waals surface area contributed by atoms with E-state index in [1.807, 2.05) is 13.8 Å². The molecule has 0 heterocycles. The maximum Gasteiger partial charge on any atom is 0.411 e. The Morgan fingerprint density at radius 3 is 2.58 bits per heavy atom. The minimum atomic E-state index is -0.857. The molecule has 2 amide bonds. The largest absolute Gasteiger partial charge is 0.449 e. The molecule has 0 atom stereocenters. The molecular weight excluding hydrogens is 246 g/mol. The number of benzene rings is 1. The molecule has 4 N–H and O–H groups in total. The highest BCUT2D eigenvalue weighted by molar-refractivity contribution is 6.44. The normalized spacial score (nSPS) is 10.1. The molecule has 1 rings (SSSR count). The van der Waals surface area contributed by atoms with Crippen molar-refractivity contribution in [3.05, 3.63) is 29.8 Å². The quantitative estimate of drug-likeness (QED) is 0.704. The molecule has 6 nitrogen and oxygen atoms in total. The SMILES string of the molecule is CC(C)COC(=O)Nc1ccccc1C(=N)C(N)=O. The molecule has 0 aromatic heterocycles. The lowest BCUT2D eigenvalue weighted by atomic mass is 10.1. The summed E-state index contributed by atoms with van der Waals surface area (Å²) in [6.07, 6.45) is -0.626. The second-order valence-electron chi connectivity index (χ2n) is 4.40. The smallest absolute Gasteiger partial charge is 0.411 e. The van der Waals surface area contributed by atoms with Gasteiger partial charge in [-0.15, -0.1) is 0 Å². The van der Waals surface area contributed by atoms with E-state index in [-0.39, 0.29) is 17.2 Å². The van der Waals surface area contributed by atoms with E-state index in [0.717, 1.165) is 0 Å². The number of hydrogen-bond donors (Lipinski definition) is 3. The third-order valence-corrected chi connectivity index (χ3v) is 2.23. The molecule has 0 spiro atoms. The second kappa shape index (κ2) is 6.53. The fourth-order valence-electron chi connectivity index (χ4n) is 1.33. The van der Waals surface area contributed by atoms with Crippen LogP contribution in [0.5, 0.6) is 0 Å². The van der Waals surface area contributed by atoms with Crippen molar-refractivity contribution in [2.75, 3.05) is 11.9 Å². The van der Waals surface area contributed by atoms with Crippen LogP contribution in [0, 0.1) is 11.3 Å². The zero-order valence-corrected chi connectivity index (χ0v) is 10.9. The molecule has 0 aliphatic carbocycles. The molecule has 19 heavy (non-hydrogen) atoms. The van der Waals surface area contributed by atoms with Crippen LogP contribution in [0.15, 0.2) is 24.3 Å². The number of hydrogen-bond acceptors (Lipinski definition) is 4. The Bertz CT molecular complexity index is 498. The number of nitrogens with two attached hydrogens (primary N) is 1. The fourth-order valence-corrected chi connectivity index (χ4v) is 1.33. The minimum Gasteiger partial charge on any atom is -0.449 e. The van der Waals surface area contributed by atoms with Gasteiger partial charge in [0.05, 0.1) is 12.3 Å². The number of ether oxygens (including phenoxy) is 1. The summed E-state index contributed by atoms with van der Waals surface area (Å²) in [5.74, 6) is -0.630. The molecular formula is C13H17N3O3. The van der Waals surface area contributed by atoms with E-state index in [9.17, 15) is 9.59 Å². The minimum absolute atomic E-state index is 0.227. The summed E-state index contributed by atoms with van der Waals surface area (Å²) >= 11 is 0. The molecule has 0 saturated heterocycles. The highest BCUT2D eigenvalue weighted by atomic mass is 16.5. The van der Waals surface area contributed by atoms with Crippen LogP contribution < -0.4 is 11.1 Å². The molecule has 6 heteroatoms. The molecule has 0 aliphatic rings. The zero-order chi connectivity index (χ0) is 14.4. The van der Waals surface area contributed by atoms with E-state index in [2.05, 4.69) is 5.32 Å². The van der Waals surface area contributed by atoms with Gasteiger partial charge in [0.15, 0.2) is 0 Å². The average Bonchev–Trinajstić information content (AvgIpc) is 2.36. The summed E-state index contributed by atoms with van der Waals surface area (Å²) in [7, 11) is 0. The van der Waals surface area contributed by atoms with Gasteiger partial charge in [0.2, 0.25) is 0 Å². The summed E-state index contributed by atoms with van der Waals surface area (Å²) in [5, 5.41) is 10.1. The van der Waals surface area contributed by atoms with Crippen LogP contribution in [0.4, 0.5) is 10.5 Å². The summed E-state index contributed by atoms with van der Waals surface area (Å²) < 4.78 is 4.97. The van der Waals surface area contributed by atoms with Gasteiger partial charge in [-0.2, -0.15) is 0 Å². The Kier molecular flexibility index (Phi) is 5.05. The highest BCUT2D eigenvalue weighted by Gasteiger charge is 2.14. The summed E-state index contributed by atoms with van der Waals surface area (Å²) in [4.78, 5) is 22.5. The van der Waals surface area contributed by atoms with Gasteiger partial charge >= 0.3 is 6.09 Å². The number of anilines is 1. The number of rotatable bonds is 5. The molecule has 0 unspecified atom stereocenters. The van der Waals surface area contributed by atoms with E-state index in [1.54, 1.807) is 18.2 Å². The van der Waals surface area contributed by atoms with E-state index in [4.69, 9.17) is 15.9 Å². The van der Waals surface area contributed by atoms with Gasteiger partial charge < -0.3 is 10.5 Å². The lowest BCUT2D eigenvalue weighted by molar-refractivity contribution is -0.112. The molecule has 0 fully saturated rings. The third-order valence-electron chi connectivity index (χ3n) is 2.23. The predicted molar refractivity (Wildman–Crippen MR) is 72.3 cm³/mol. The Morgan fingerprint density at radius 1 is 1.37 bits per heavy atom. The standard InChI is InChI=1S/C13H17N3O3/c1-8(2)7-19-13(18)16-10-6-4-3-5-9(10)11(14)12(15)17/h3-6,8,14H,7H2,1-2H3,(H2,15,17)(H,16,18). The van der Waals surface area contributed by atoms with Crippen molar-refractivity contribution in [2.24, 2.45) is 11.7 Å². The lowest BCUT2D eigenvalue weighted by Crippen LogP contribution is -2.25. The van der Waals surface area contributed by atoms with Crippen LogP contribution in [-0.4, -0.2) is 24.3 Å². The van der Waals surface area contributed by atoms with Gasteiger partial charge in [-0.05, 0) is 12.0 Å². The number of carbonyl (C=O) groups excluding carboxylic acids is 2. The number of amides is 2. The number of nitrogens with one attached hydrogen (secondary N) is 2. The molecule has 1 aromatic rings. The van der Waals surface area contributed by atoms with Crippen molar-refractivity contribution in [3.63, 3.8) is 0 Å². The summed E-state index contributed by atoms with van der Waals surface area (Å²) in [5.41, 5.74) is 5.28. The fraction of sp³-hybridized carbons (Fsp3) is 0.308. The van der Waals surface area contributed by atoms with Crippen LogP contribution >= 0.6 is 0 Å². The average molecular weight is 263 g/mol. The maximum atomic E-state index is 11.5. The van der Waals surface area contributed by atoms with Gasteiger partial charge in [0.1, 0.15) is 5.71 Å². The monoisotopic (exact) mass is 263 g/mol. The first-order chi connectivity index (χ1) is 8.91. The Morgan fingerprint density at radius 2 is 2.00 bits per heavy atom. The van der Waals surface area contributed by atoms with Crippen molar-refractivity contribution in [1.29, 1.82) is 5.41 Å². The van der Waals surface area contributed by atoms with Gasteiger partial charge in [-0.3, -0.25) is 15.5 Å². The molecule has 0 bridgehead atoms. The molecule has 0 aliphatic heterocycles. The third kappa shape index (κ3) is 4.42. The van der Waals surface area contributed by atoms with Gasteiger partial charge in [-0.1, -0.05) is 32.0 Å².